The third-order valence-electron chi connectivity index (χ3n) is 2.26. The van der Waals surface area contributed by atoms with E-state index in [0.717, 1.165) is 10.9 Å². The van der Waals surface area contributed by atoms with Crippen molar-refractivity contribution in [2.24, 2.45) is 0 Å². The molecule has 0 atom stereocenters. The molecule has 1 aromatic rings. The molecule has 0 saturated heterocycles. The minimum Gasteiger partial charge on any atom is -0.379 e. The number of hydrogen-bond donors (Lipinski definition) is 2. The Hall–Kier alpha value is -1.56. The topological polar surface area (TPSA) is 93.1 Å². The quantitative estimate of drug-likeness (QED) is 0.540. The second-order valence-electron chi connectivity index (χ2n) is 3.98. The maximum Gasteiger partial charge on any atom is 0.292 e. The van der Waals surface area contributed by atoms with E-state index in [2.05, 4.69) is 21.1 Å². The van der Waals surface area contributed by atoms with Crippen LogP contribution in [-0.4, -0.2) is 37.5 Å². The molecule has 0 amide bonds. The third kappa shape index (κ3) is 5.21. The summed E-state index contributed by atoms with van der Waals surface area (Å²) in [6.07, 6.45) is 8.04. The zero-order chi connectivity index (χ0) is 15.2. The molecule has 0 radical (unpaired) electrons. The SMILES string of the molecule is C#CCn1ncc(Cl)c(NCCCNS(C)(=O)=O)c1=O. The molecule has 0 unspecified atom stereocenters. The van der Waals surface area contributed by atoms with E-state index in [4.69, 9.17) is 18.0 Å². The molecule has 0 saturated carbocycles. The average molecular weight is 319 g/mol. The first-order chi connectivity index (χ1) is 9.35. The number of terminal acetylenes is 1. The summed E-state index contributed by atoms with van der Waals surface area (Å²) in [6.45, 7) is 0.713. The Kier molecular flexibility index (Phi) is 6.01. The highest BCUT2D eigenvalue weighted by Gasteiger charge is 2.09. The molecule has 0 fully saturated rings. The Morgan fingerprint density at radius 3 is 2.80 bits per heavy atom. The lowest BCUT2D eigenvalue weighted by molar-refractivity contribution is 0.586. The molecule has 20 heavy (non-hydrogen) atoms. The van der Waals surface area contributed by atoms with Crippen molar-refractivity contribution in [1.82, 2.24) is 14.5 Å². The lowest BCUT2D eigenvalue weighted by Crippen LogP contribution is -2.28. The first-order valence-electron chi connectivity index (χ1n) is 5.72. The third-order valence-corrected chi connectivity index (χ3v) is 3.27. The molecule has 0 bridgehead atoms. The predicted molar refractivity (Wildman–Crippen MR) is 78.3 cm³/mol. The fraction of sp³-hybridized carbons (Fsp3) is 0.455. The van der Waals surface area contributed by atoms with E-state index in [0.29, 0.717) is 13.0 Å². The second-order valence-corrected chi connectivity index (χ2v) is 6.22. The second kappa shape index (κ2) is 7.28. The fourth-order valence-corrected chi connectivity index (χ4v) is 2.09. The van der Waals surface area contributed by atoms with Crippen LogP contribution in [0.2, 0.25) is 5.02 Å². The zero-order valence-corrected chi connectivity index (χ0v) is 12.5. The van der Waals surface area contributed by atoms with Crippen LogP contribution in [0.15, 0.2) is 11.0 Å². The van der Waals surface area contributed by atoms with Crippen LogP contribution in [0.3, 0.4) is 0 Å². The van der Waals surface area contributed by atoms with E-state index in [1.165, 1.54) is 6.20 Å². The number of hydrogen-bond acceptors (Lipinski definition) is 5. The molecular weight excluding hydrogens is 304 g/mol. The summed E-state index contributed by atoms with van der Waals surface area (Å²) in [5.41, 5.74) is -0.206. The van der Waals surface area contributed by atoms with E-state index in [-0.39, 0.29) is 23.8 Å². The van der Waals surface area contributed by atoms with Crippen LogP contribution in [0.25, 0.3) is 0 Å². The molecule has 1 aromatic heterocycles. The van der Waals surface area contributed by atoms with Gasteiger partial charge in [0.25, 0.3) is 5.56 Å². The number of nitrogens with zero attached hydrogens (tertiary/aromatic N) is 2. The van der Waals surface area contributed by atoms with Gasteiger partial charge in [-0.2, -0.15) is 5.10 Å². The average Bonchev–Trinajstić information content (AvgIpc) is 2.35. The number of halogens is 1. The minimum absolute atomic E-state index is 0.0559. The van der Waals surface area contributed by atoms with Crippen LogP contribution >= 0.6 is 11.6 Å². The summed E-state index contributed by atoms with van der Waals surface area (Å²) in [5.74, 6) is 2.32. The molecular formula is C11H15ClN4O3S. The normalized spacial score (nSPS) is 11.1. The summed E-state index contributed by atoms with van der Waals surface area (Å²) in [4.78, 5) is 11.9. The maximum atomic E-state index is 11.9. The smallest absolute Gasteiger partial charge is 0.292 e. The van der Waals surface area contributed by atoms with Gasteiger partial charge < -0.3 is 5.32 Å². The molecule has 0 spiro atoms. The van der Waals surface area contributed by atoms with Crippen molar-refractivity contribution < 1.29 is 8.42 Å². The first-order valence-corrected chi connectivity index (χ1v) is 7.99. The number of nitrogens with one attached hydrogen (secondary N) is 2. The highest BCUT2D eigenvalue weighted by molar-refractivity contribution is 7.88. The van der Waals surface area contributed by atoms with Gasteiger partial charge in [-0.3, -0.25) is 4.79 Å². The lowest BCUT2D eigenvalue weighted by atomic mass is 10.4. The molecule has 1 heterocycles. The predicted octanol–water partition coefficient (Wildman–Crippen LogP) is -0.119. The summed E-state index contributed by atoms with van der Waals surface area (Å²) in [6, 6.07) is 0. The summed E-state index contributed by atoms with van der Waals surface area (Å²) in [7, 11) is -3.20. The van der Waals surface area contributed by atoms with Crippen molar-refractivity contribution in [2.75, 3.05) is 24.7 Å². The molecule has 0 aromatic carbocycles. The molecule has 9 heteroatoms. The molecule has 7 nitrogen and oxygen atoms in total. The van der Waals surface area contributed by atoms with Gasteiger partial charge in [0.2, 0.25) is 10.0 Å². The fourth-order valence-electron chi connectivity index (χ4n) is 1.39. The Bertz CT molecular complexity index is 663. The molecule has 0 aliphatic rings. The summed E-state index contributed by atoms with van der Waals surface area (Å²) < 4.78 is 25.2. The van der Waals surface area contributed by atoms with E-state index < -0.39 is 15.6 Å². The van der Waals surface area contributed by atoms with Gasteiger partial charge in [-0.15, -0.1) is 6.42 Å². The molecule has 1 rings (SSSR count). The van der Waals surface area contributed by atoms with Gasteiger partial charge in [0, 0.05) is 13.1 Å². The van der Waals surface area contributed by atoms with Gasteiger partial charge in [-0.05, 0) is 6.42 Å². The highest BCUT2D eigenvalue weighted by atomic mass is 35.5. The Morgan fingerprint density at radius 2 is 2.20 bits per heavy atom. The Labute approximate surface area is 122 Å². The summed E-state index contributed by atoms with van der Waals surface area (Å²) >= 11 is 5.89. The van der Waals surface area contributed by atoms with Crippen molar-refractivity contribution in [3.63, 3.8) is 0 Å². The molecule has 2 N–H and O–H groups in total. The van der Waals surface area contributed by atoms with Gasteiger partial charge in [0.05, 0.1) is 17.5 Å². The first kappa shape index (κ1) is 16.5. The number of sulfonamides is 1. The van der Waals surface area contributed by atoms with E-state index in [9.17, 15) is 13.2 Å². The van der Waals surface area contributed by atoms with Crippen molar-refractivity contribution in [2.45, 2.75) is 13.0 Å². The van der Waals surface area contributed by atoms with E-state index in [1.807, 2.05) is 0 Å². The van der Waals surface area contributed by atoms with E-state index in [1.54, 1.807) is 0 Å². The van der Waals surface area contributed by atoms with Crippen LogP contribution in [0.1, 0.15) is 6.42 Å². The number of rotatable bonds is 7. The summed E-state index contributed by atoms with van der Waals surface area (Å²) in [5, 5.41) is 6.85. The monoisotopic (exact) mass is 318 g/mol. The van der Waals surface area contributed by atoms with Crippen LogP contribution in [0.4, 0.5) is 5.69 Å². The van der Waals surface area contributed by atoms with Gasteiger partial charge >= 0.3 is 0 Å². The maximum absolute atomic E-state index is 11.9. The lowest BCUT2D eigenvalue weighted by Gasteiger charge is -2.09. The van der Waals surface area contributed by atoms with Crippen LogP contribution in [-0.2, 0) is 16.6 Å². The van der Waals surface area contributed by atoms with Crippen molar-refractivity contribution in [1.29, 1.82) is 0 Å². The number of anilines is 1. The van der Waals surface area contributed by atoms with Crippen LogP contribution in [0.5, 0.6) is 0 Å². The molecule has 0 aliphatic heterocycles. The largest absolute Gasteiger partial charge is 0.379 e. The molecule has 0 aliphatic carbocycles. The standard InChI is InChI=1S/C11H15ClN4O3S/c1-3-7-16-11(17)10(9(12)8-14-16)13-5-4-6-15-20(2,18)19/h1,8,13,15H,4-7H2,2H3. The van der Waals surface area contributed by atoms with Crippen LogP contribution < -0.4 is 15.6 Å². The van der Waals surface area contributed by atoms with Crippen molar-refractivity contribution in [3.05, 3.63) is 21.6 Å². The van der Waals surface area contributed by atoms with Crippen molar-refractivity contribution in [3.8, 4) is 12.3 Å². The van der Waals surface area contributed by atoms with Gasteiger partial charge in [0.15, 0.2) is 0 Å². The van der Waals surface area contributed by atoms with Crippen LogP contribution in [0, 0.1) is 12.3 Å². The van der Waals surface area contributed by atoms with E-state index >= 15 is 0 Å². The minimum atomic E-state index is -3.20. The van der Waals surface area contributed by atoms with Gasteiger partial charge in [0.1, 0.15) is 12.2 Å². The zero-order valence-electron chi connectivity index (χ0n) is 10.9. The Balaban J connectivity index is 2.62. The van der Waals surface area contributed by atoms with Gasteiger partial charge in [-0.1, -0.05) is 17.5 Å². The van der Waals surface area contributed by atoms with Crippen molar-refractivity contribution >= 4 is 27.3 Å². The van der Waals surface area contributed by atoms with Gasteiger partial charge in [-0.25, -0.2) is 17.8 Å². The Morgan fingerprint density at radius 1 is 1.50 bits per heavy atom. The molecule has 110 valence electrons. The highest BCUT2D eigenvalue weighted by Crippen LogP contribution is 2.14. The number of aromatic nitrogens is 2.